The highest BCUT2D eigenvalue weighted by atomic mass is 16.3. The number of unbranched alkanes of at least 4 members (excludes halogenated alkanes) is 4. The predicted octanol–water partition coefficient (Wildman–Crippen LogP) is 4.11. The Morgan fingerprint density at radius 3 is 2.86 bits per heavy atom. The Morgan fingerprint density at radius 1 is 1.24 bits per heavy atom. The first-order valence-corrected chi connectivity index (χ1v) is 15.8. The molecule has 226 valence electrons. The lowest BCUT2D eigenvalue weighted by Gasteiger charge is -2.52. The molecule has 2 aliphatic heterocycles. The topological polar surface area (TPSA) is 136 Å². The number of aliphatic hydroxyl groups is 1. The van der Waals surface area contributed by atoms with Crippen molar-refractivity contribution in [3.8, 4) is 6.19 Å². The van der Waals surface area contributed by atoms with Gasteiger partial charge in [-0.3, -0.25) is 14.3 Å². The van der Waals surface area contributed by atoms with Crippen LogP contribution in [0, 0.1) is 29.2 Å². The summed E-state index contributed by atoms with van der Waals surface area (Å²) in [5.74, 6) is 0.624. The number of carbonyl (C=O) groups is 2. The number of nitrogens with one attached hydrogen (secondary N) is 2. The van der Waals surface area contributed by atoms with Crippen molar-refractivity contribution >= 4 is 17.5 Å². The summed E-state index contributed by atoms with van der Waals surface area (Å²) in [4.78, 5) is 28.1. The van der Waals surface area contributed by atoms with Gasteiger partial charge in [-0.05, 0) is 61.5 Å². The molecule has 1 aromatic heterocycles. The summed E-state index contributed by atoms with van der Waals surface area (Å²) >= 11 is 0. The number of benzene rings is 1. The van der Waals surface area contributed by atoms with Crippen LogP contribution in [0.4, 0.5) is 5.69 Å². The molecule has 1 aromatic carbocycles. The van der Waals surface area contributed by atoms with E-state index < -0.39 is 5.41 Å². The molecule has 6 atom stereocenters. The van der Waals surface area contributed by atoms with Crippen molar-refractivity contribution in [3.05, 3.63) is 41.7 Å². The van der Waals surface area contributed by atoms with Crippen molar-refractivity contribution in [1.82, 2.24) is 25.2 Å². The summed E-state index contributed by atoms with van der Waals surface area (Å²) in [6.07, 6.45) is 12.7. The van der Waals surface area contributed by atoms with Crippen molar-refractivity contribution in [2.75, 3.05) is 11.9 Å². The summed E-state index contributed by atoms with van der Waals surface area (Å²) in [6, 6.07) is 7.45. The zero-order valence-corrected chi connectivity index (χ0v) is 25.0. The number of aliphatic hydroxyl groups excluding tert-OH is 1. The van der Waals surface area contributed by atoms with Crippen molar-refractivity contribution in [2.24, 2.45) is 17.8 Å². The first kappa shape index (κ1) is 30.0. The van der Waals surface area contributed by atoms with E-state index >= 15 is 0 Å². The quantitative estimate of drug-likeness (QED) is 0.256. The van der Waals surface area contributed by atoms with E-state index in [1.165, 1.54) is 12.8 Å². The molecule has 5 rings (SSSR count). The van der Waals surface area contributed by atoms with E-state index in [1.807, 2.05) is 35.4 Å². The van der Waals surface area contributed by atoms with Gasteiger partial charge in [0.05, 0.1) is 30.3 Å². The Hall–Kier alpha value is -3.45. The Balaban J connectivity index is 1.31. The molecule has 0 bridgehead atoms. The number of fused-ring (bicyclic) bond motifs is 2. The van der Waals surface area contributed by atoms with Crippen LogP contribution in [0.1, 0.15) is 89.3 Å². The van der Waals surface area contributed by atoms with E-state index in [0.717, 1.165) is 43.4 Å². The van der Waals surface area contributed by atoms with Gasteiger partial charge in [0.2, 0.25) is 11.8 Å². The maximum Gasteiger partial charge on any atom is 0.237 e. The minimum Gasteiger partial charge on any atom is -0.393 e. The average molecular weight is 576 g/mol. The minimum atomic E-state index is -0.947. The third-order valence-electron chi connectivity index (χ3n) is 10.1. The maximum atomic E-state index is 14.0. The number of nitrogens with zero attached hydrogens (tertiary/aromatic N) is 5. The monoisotopic (exact) mass is 575 g/mol. The summed E-state index contributed by atoms with van der Waals surface area (Å²) in [5, 5.41) is 35.6. The number of amides is 2. The molecule has 10 nitrogen and oxygen atoms in total. The number of para-hydroxylation sites is 1. The molecule has 3 N–H and O–H groups in total. The number of piperidine rings is 1. The Bertz CT molecular complexity index is 1290. The van der Waals surface area contributed by atoms with Crippen LogP contribution in [-0.4, -0.2) is 55.5 Å². The second-order valence-electron chi connectivity index (χ2n) is 12.6. The fourth-order valence-corrected chi connectivity index (χ4v) is 7.62. The van der Waals surface area contributed by atoms with E-state index in [9.17, 15) is 20.0 Å². The SMILES string of the molecule is CCCCCCCC(=O)NCc1cn(CC[C@]2([C@@H]3C[C@H]4[C@@H](CC[C@H](O)[C@@H]4C)CN3C#N)C(=O)Nc3ccccc32)nn1. The van der Waals surface area contributed by atoms with Gasteiger partial charge in [0.25, 0.3) is 0 Å². The number of likely N-dealkylation sites (tertiary alicyclic amines) is 1. The van der Waals surface area contributed by atoms with Crippen molar-refractivity contribution in [2.45, 2.75) is 109 Å². The third-order valence-corrected chi connectivity index (χ3v) is 10.1. The van der Waals surface area contributed by atoms with E-state index in [4.69, 9.17) is 0 Å². The van der Waals surface area contributed by atoms with E-state index in [0.29, 0.717) is 50.5 Å². The highest BCUT2D eigenvalue weighted by molar-refractivity contribution is 6.07. The number of hydrogen-bond acceptors (Lipinski definition) is 7. The molecule has 2 amide bonds. The minimum absolute atomic E-state index is 0.0218. The van der Waals surface area contributed by atoms with E-state index in [-0.39, 0.29) is 35.8 Å². The summed E-state index contributed by atoms with van der Waals surface area (Å²) in [7, 11) is 0. The maximum absolute atomic E-state index is 14.0. The van der Waals surface area contributed by atoms with E-state index in [1.54, 1.807) is 4.68 Å². The lowest BCUT2D eigenvalue weighted by atomic mass is 9.61. The first-order valence-electron chi connectivity index (χ1n) is 15.8. The smallest absolute Gasteiger partial charge is 0.237 e. The van der Waals surface area contributed by atoms with Crippen LogP contribution in [0.5, 0.6) is 0 Å². The van der Waals surface area contributed by atoms with Crippen LogP contribution in [0.2, 0.25) is 0 Å². The zero-order chi connectivity index (χ0) is 29.7. The molecule has 1 saturated carbocycles. The van der Waals surface area contributed by atoms with Crippen molar-refractivity contribution in [3.63, 3.8) is 0 Å². The Labute approximate surface area is 248 Å². The van der Waals surface area contributed by atoms with Gasteiger partial charge in [-0.1, -0.05) is 62.9 Å². The predicted molar refractivity (Wildman–Crippen MR) is 159 cm³/mol. The molecule has 0 spiro atoms. The van der Waals surface area contributed by atoms with Crippen LogP contribution in [0.25, 0.3) is 0 Å². The molecule has 0 unspecified atom stereocenters. The molecule has 10 heteroatoms. The van der Waals surface area contributed by atoms with Crippen LogP contribution < -0.4 is 10.6 Å². The van der Waals surface area contributed by atoms with Gasteiger partial charge >= 0.3 is 0 Å². The van der Waals surface area contributed by atoms with Crippen LogP contribution >= 0.6 is 0 Å². The zero-order valence-electron chi connectivity index (χ0n) is 25.0. The molecule has 3 heterocycles. The lowest BCUT2D eigenvalue weighted by Crippen LogP contribution is -2.60. The summed E-state index contributed by atoms with van der Waals surface area (Å²) < 4.78 is 1.73. The van der Waals surface area contributed by atoms with Gasteiger partial charge in [0.1, 0.15) is 5.69 Å². The van der Waals surface area contributed by atoms with Crippen molar-refractivity contribution < 1.29 is 14.7 Å². The molecule has 1 saturated heterocycles. The highest BCUT2D eigenvalue weighted by Crippen LogP contribution is 2.51. The highest BCUT2D eigenvalue weighted by Gasteiger charge is 2.57. The third kappa shape index (κ3) is 6.03. The number of hydrogen-bond donors (Lipinski definition) is 3. The van der Waals surface area contributed by atoms with Gasteiger partial charge in [-0.25, -0.2) is 0 Å². The van der Waals surface area contributed by atoms with Gasteiger partial charge < -0.3 is 20.6 Å². The second kappa shape index (κ2) is 13.2. The number of aryl methyl sites for hydroxylation is 1. The largest absolute Gasteiger partial charge is 0.393 e. The molecule has 0 radical (unpaired) electrons. The standard InChI is InChI=1S/C32H45N7O3/c1-3-4-5-6-7-12-30(41)34-18-24-20-39(37-36-24)16-15-32(26-10-8-9-11-27(26)35-31(32)42)29-17-25-22(2)28(40)14-13-23(25)19-38(29)21-33/h8-11,20,22-23,25,28-29,40H,3-7,12-19H2,1-2H3,(H,34,41)(H,35,42)/t22-,23+,25-,28+,29+,32+/m1/s1. The summed E-state index contributed by atoms with van der Waals surface area (Å²) in [6.45, 7) is 5.64. The fraction of sp³-hybridized carbons (Fsp3) is 0.656. The molecule has 2 aromatic rings. The molecule has 2 fully saturated rings. The van der Waals surface area contributed by atoms with Crippen LogP contribution in [0.15, 0.2) is 30.5 Å². The van der Waals surface area contributed by atoms with Crippen LogP contribution in [0.3, 0.4) is 0 Å². The van der Waals surface area contributed by atoms with Gasteiger partial charge in [-0.2, -0.15) is 5.26 Å². The molecule has 1 aliphatic carbocycles. The van der Waals surface area contributed by atoms with Gasteiger partial charge in [0.15, 0.2) is 6.19 Å². The molecule has 42 heavy (non-hydrogen) atoms. The molecule has 3 aliphatic rings. The van der Waals surface area contributed by atoms with Gasteiger partial charge in [0, 0.05) is 25.2 Å². The second-order valence-corrected chi connectivity index (χ2v) is 12.6. The number of aromatic nitrogens is 3. The fourth-order valence-electron chi connectivity index (χ4n) is 7.62. The van der Waals surface area contributed by atoms with Crippen LogP contribution in [-0.2, 0) is 28.1 Å². The Morgan fingerprint density at radius 2 is 2.05 bits per heavy atom. The normalized spacial score (nSPS) is 28.5. The van der Waals surface area contributed by atoms with Crippen molar-refractivity contribution in [1.29, 1.82) is 5.26 Å². The first-order chi connectivity index (χ1) is 20.4. The average Bonchev–Trinajstić information content (AvgIpc) is 3.57. The summed E-state index contributed by atoms with van der Waals surface area (Å²) in [5.41, 5.74) is 1.42. The van der Waals surface area contributed by atoms with E-state index in [2.05, 4.69) is 41.0 Å². The molecular weight excluding hydrogens is 530 g/mol. The lowest BCUT2D eigenvalue weighted by molar-refractivity contribution is -0.126. The van der Waals surface area contributed by atoms with Gasteiger partial charge in [-0.15, -0.1) is 5.10 Å². The number of rotatable bonds is 12. The number of nitriles is 1. The number of carbonyl (C=O) groups excluding carboxylic acids is 2. The number of anilines is 1. The molecular formula is C32H45N7O3. The Kier molecular flexibility index (Phi) is 9.47.